The molecule has 0 bridgehead atoms. The van der Waals surface area contributed by atoms with Crippen LogP contribution in [0.15, 0.2) is 18.3 Å². The second kappa shape index (κ2) is 5.27. The van der Waals surface area contributed by atoms with Crippen molar-refractivity contribution in [2.45, 2.75) is 31.9 Å². The van der Waals surface area contributed by atoms with Crippen molar-refractivity contribution in [2.75, 3.05) is 13.2 Å². The van der Waals surface area contributed by atoms with Gasteiger partial charge in [0.1, 0.15) is 6.10 Å². The van der Waals surface area contributed by atoms with E-state index in [0.717, 1.165) is 31.6 Å². The summed E-state index contributed by atoms with van der Waals surface area (Å²) in [4.78, 5) is 4.25. The van der Waals surface area contributed by atoms with Gasteiger partial charge in [-0.1, -0.05) is 6.07 Å². The molecular weight excluding hydrogens is 204 g/mol. The molecule has 1 aromatic heterocycles. The Morgan fingerprint density at radius 2 is 2.19 bits per heavy atom. The first-order valence-electron chi connectivity index (χ1n) is 5.71. The van der Waals surface area contributed by atoms with Crippen LogP contribution in [0.25, 0.3) is 0 Å². The Hall–Kier alpha value is -1.13. The van der Waals surface area contributed by atoms with Crippen molar-refractivity contribution in [1.82, 2.24) is 4.98 Å². The van der Waals surface area contributed by atoms with Gasteiger partial charge in [-0.05, 0) is 12.5 Å². The van der Waals surface area contributed by atoms with Crippen LogP contribution < -0.4 is 10.5 Å². The summed E-state index contributed by atoms with van der Waals surface area (Å²) in [5.74, 6) is 0.677. The molecule has 88 valence electrons. The lowest BCUT2D eigenvalue weighted by molar-refractivity contribution is 0.0237. The second-order valence-electron chi connectivity index (χ2n) is 4.15. The van der Waals surface area contributed by atoms with E-state index in [1.807, 2.05) is 19.1 Å². The molecule has 4 heteroatoms. The fourth-order valence-electron chi connectivity index (χ4n) is 1.70. The first kappa shape index (κ1) is 11.4. The summed E-state index contributed by atoms with van der Waals surface area (Å²) in [6.07, 6.45) is 3.90. The van der Waals surface area contributed by atoms with E-state index in [0.29, 0.717) is 5.88 Å². The average Bonchev–Trinajstić information content (AvgIpc) is 2.31. The molecule has 1 aromatic rings. The highest BCUT2D eigenvalue weighted by Gasteiger charge is 2.15. The standard InChI is InChI=1S/C12H18N2O2/c1-9(13)10-2-3-12(14-8-10)16-11-4-6-15-7-5-11/h2-3,8-9,11H,4-7,13H2,1H3/t9-/m0/s1. The Balaban J connectivity index is 1.93. The molecule has 0 saturated carbocycles. The summed E-state index contributed by atoms with van der Waals surface area (Å²) in [6, 6.07) is 3.87. The van der Waals surface area contributed by atoms with E-state index in [-0.39, 0.29) is 12.1 Å². The minimum Gasteiger partial charge on any atom is -0.474 e. The van der Waals surface area contributed by atoms with Gasteiger partial charge in [0.2, 0.25) is 5.88 Å². The van der Waals surface area contributed by atoms with Gasteiger partial charge in [0, 0.05) is 31.1 Å². The molecule has 4 nitrogen and oxygen atoms in total. The fourth-order valence-corrected chi connectivity index (χ4v) is 1.70. The highest BCUT2D eigenvalue weighted by molar-refractivity contribution is 5.20. The number of aromatic nitrogens is 1. The predicted octanol–water partition coefficient (Wildman–Crippen LogP) is 1.66. The zero-order valence-electron chi connectivity index (χ0n) is 9.56. The van der Waals surface area contributed by atoms with Gasteiger partial charge in [0.25, 0.3) is 0 Å². The van der Waals surface area contributed by atoms with E-state index in [1.54, 1.807) is 6.20 Å². The van der Waals surface area contributed by atoms with Crippen molar-refractivity contribution in [3.05, 3.63) is 23.9 Å². The van der Waals surface area contributed by atoms with Crippen LogP contribution in [0.4, 0.5) is 0 Å². The van der Waals surface area contributed by atoms with Crippen LogP contribution in [0.1, 0.15) is 31.4 Å². The smallest absolute Gasteiger partial charge is 0.213 e. The largest absolute Gasteiger partial charge is 0.474 e. The Kier molecular flexibility index (Phi) is 3.74. The van der Waals surface area contributed by atoms with Crippen molar-refractivity contribution in [3.63, 3.8) is 0 Å². The topological polar surface area (TPSA) is 57.4 Å². The lowest BCUT2D eigenvalue weighted by Gasteiger charge is -2.22. The molecule has 0 aromatic carbocycles. The van der Waals surface area contributed by atoms with Crippen LogP contribution in [0.2, 0.25) is 0 Å². The predicted molar refractivity (Wildman–Crippen MR) is 61.3 cm³/mol. The van der Waals surface area contributed by atoms with Crippen molar-refractivity contribution in [3.8, 4) is 5.88 Å². The van der Waals surface area contributed by atoms with Gasteiger partial charge in [0.05, 0.1) is 13.2 Å². The van der Waals surface area contributed by atoms with Gasteiger partial charge in [-0.25, -0.2) is 4.98 Å². The SMILES string of the molecule is C[C@H](N)c1ccc(OC2CCOCC2)nc1. The molecule has 0 aliphatic carbocycles. The van der Waals surface area contributed by atoms with E-state index >= 15 is 0 Å². The molecule has 2 heterocycles. The number of pyridine rings is 1. The second-order valence-corrected chi connectivity index (χ2v) is 4.15. The molecule has 1 atom stereocenters. The number of rotatable bonds is 3. The molecule has 0 amide bonds. The molecule has 2 rings (SSSR count). The molecule has 1 fully saturated rings. The number of ether oxygens (including phenoxy) is 2. The van der Waals surface area contributed by atoms with Crippen LogP contribution in [0.3, 0.4) is 0 Å². The third-order valence-corrected chi connectivity index (χ3v) is 2.74. The van der Waals surface area contributed by atoms with E-state index in [1.165, 1.54) is 0 Å². The van der Waals surface area contributed by atoms with Gasteiger partial charge >= 0.3 is 0 Å². The average molecular weight is 222 g/mol. The quantitative estimate of drug-likeness (QED) is 0.845. The highest BCUT2D eigenvalue weighted by Crippen LogP contribution is 2.17. The van der Waals surface area contributed by atoms with Crippen LogP contribution in [-0.4, -0.2) is 24.3 Å². The molecule has 1 saturated heterocycles. The molecule has 1 aliphatic heterocycles. The molecule has 1 aliphatic rings. The Labute approximate surface area is 95.8 Å². The van der Waals surface area contributed by atoms with E-state index in [2.05, 4.69) is 4.98 Å². The Morgan fingerprint density at radius 1 is 1.44 bits per heavy atom. The van der Waals surface area contributed by atoms with Crippen LogP contribution >= 0.6 is 0 Å². The van der Waals surface area contributed by atoms with Crippen LogP contribution in [0, 0.1) is 0 Å². The van der Waals surface area contributed by atoms with Gasteiger partial charge in [-0.15, -0.1) is 0 Å². The maximum atomic E-state index is 5.76. The minimum atomic E-state index is 0.0182. The molecule has 2 N–H and O–H groups in total. The molecule has 0 radical (unpaired) electrons. The number of nitrogens with two attached hydrogens (primary N) is 1. The first-order chi connectivity index (χ1) is 7.75. The van der Waals surface area contributed by atoms with E-state index in [9.17, 15) is 0 Å². The fraction of sp³-hybridized carbons (Fsp3) is 0.583. The molecular formula is C12H18N2O2. The summed E-state index contributed by atoms with van der Waals surface area (Å²) in [5, 5.41) is 0. The number of hydrogen-bond donors (Lipinski definition) is 1. The summed E-state index contributed by atoms with van der Waals surface area (Å²) >= 11 is 0. The Morgan fingerprint density at radius 3 is 2.75 bits per heavy atom. The molecule has 0 unspecified atom stereocenters. The van der Waals surface area contributed by atoms with Crippen LogP contribution in [-0.2, 0) is 4.74 Å². The highest BCUT2D eigenvalue weighted by atomic mass is 16.5. The number of hydrogen-bond acceptors (Lipinski definition) is 4. The minimum absolute atomic E-state index is 0.0182. The number of nitrogens with zero attached hydrogens (tertiary/aromatic N) is 1. The zero-order valence-corrected chi connectivity index (χ0v) is 9.56. The van der Waals surface area contributed by atoms with E-state index < -0.39 is 0 Å². The maximum absolute atomic E-state index is 5.76. The van der Waals surface area contributed by atoms with Gasteiger partial charge < -0.3 is 15.2 Å². The lowest BCUT2D eigenvalue weighted by atomic mass is 10.1. The summed E-state index contributed by atoms with van der Waals surface area (Å²) in [5.41, 5.74) is 6.78. The van der Waals surface area contributed by atoms with Crippen molar-refractivity contribution in [1.29, 1.82) is 0 Å². The van der Waals surface area contributed by atoms with Crippen molar-refractivity contribution < 1.29 is 9.47 Å². The molecule has 0 spiro atoms. The summed E-state index contributed by atoms with van der Waals surface area (Å²) in [6.45, 7) is 3.50. The van der Waals surface area contributed by atoms with Gasteiger partial charge in [-0.3, -0.25) is 0 Å². The van der Waals surface area contributed by atoms with E-state index in [4.69, 9.17) is 15.2 Å². The third kappa shape index (κ3) is 2.93. The van der Waals surface area contributed by atoms with Crippen molar-refractivity contribution >= 4 is 0 Å². The summed E-state index contributed by atoms with van der Waals surface area (Å²) < 4.78 is 11.0. The summed E-state index contributed by atoms with van der Waals surface area (Å²) in [7, 11) is 0. The van der Waals surface area contributed by atoms with Gasteiger partial charge in [0.15, 0.2) is 0 Å². The van der Waals surface area contributed by atoms with Crippen molar-refractivity contribution in [2.24, 2.45) is 5.73 Å². The Bertz CT molecular complexity index is 318. The maximum Gasteiger partial charge on any atom is 0.213 e. The molecule has 16 heavy (non-hydrogen) atoms. The normalized spacial score (nSPS) is 19.4. The first-order valence-corrected chi connectivity index (χ1v) is 5.71. The third-order valence-electron chi connectivity index (χ3n) is 2.74. The van der Waals surface area contributed by atoms with Gasteiger partial charge in [-0.2, -0.15) is 0 Å². The van der Waals surface area contributed by atoms with Crippen LogP contribution in [0.5, 0.6) is 5.88 Å². The lowest BCUT2D eigenvalue weighted by Crippen LogP contribution is -2.26. The monoisotopic (exact) mass is 222 g/mol. The zero-order chi connectivity index (χ0) is 11.4.